The molecule has 1 unspecified atom stereocenters. The van der Waals surface area contributed by atoms with Crippen LogP contribution in [0.5, 0.6) is 0 Å². The van der Waals surface area contributed by atoms with E-state index in [0.29, 0.717) is 0 Å². The lowest BCUT2D eigenvalue weighted by Crippen LogP contribution is -2.39. The number of rotatable bonds is 3. The van der Waals surface area contributed by atoms with Gasteiger partial charge < -0.3 is 10.0 Å². The number of carbonyl (C=O) groups excluding carboxylic acids is 1. The summed E-state index contributed by atoms with van der Waals surface area (Å²) < 4.78 is 0. The third-order valence-electron chi connectivity index (χ3n) is 5.37. The van der Waals surface area contributed by atoms with Crippen LogP contribution in [0.25, 0.3) is 0 Å². The third-order valence-corrected chi connectivity index (χ3v) is 6.60. The van der Waals surface area contributed by atoms with Gasteiger partial charge in [0.1, 0.15) is 0 Å². The number of amides is 1. The van der Waals surface area contributed by atoms with E-state index in [1.807, 2.05) is 35.2 Å². The Kier molecular flexibility index (Phi) is 4.42. The van der Waals surface area contributed by atoms with Crippen molar-refractivity contribution in [2.45, 2.75) is 38.2 Å². The summed E-state index contributed by atoms with van der Waals surface area (Å²) in [5.41, 5.74) is 2.37. The zero-order valence-corrected chi connectivity index (χ0v) is 14.6. The van der Waals surface area contributed by atoms with Gasteiger partial charge in [0.25, 0.3) is 5.91 Å². The maximum Gasteiger partial charge on any atom is 0.263 e. The number of aliphatic hydroxyl groups is 1. The second kappa shape index (κ2) is 6.69. The van der Waals surface area contributed by atoms with Crippen molar-refractivity contribution in [2.24, 2.45) is 5.92 Å². The minimum absolute atomic E-state index is 0.182. The Morgan fingerprint density at radius 2 is 1.92 bits per heavy atom. The van der Waals surface area contributed by atoms with Crippen LogP contribution in [0.2, 0.25) is 0 Å². The Morgan fingerprint density at radius 1 is 1.17 bits per heavy atom. The zero-order chi connectivity index (χ0) is 16.5. The normalized spacial score (nSPS) is 19.3. The highest BCUT2D eigenvalue weighted by molar-refractivity contribution is 7.14. The standard InChI is InChI=1S/C20H23NO2S/c22-19(14-5-2-1-3-6-14)15-9-11-21(12-10-15)20(23)18-13-16-7-4-8-17(16)24-18/h1-3,5-6,13,15,19,22H,4,7-12H2. The van der Waals surface area contributed by atoms with Crippen LogP contribution >= 0.6 is 11.3 Å². The average molecular weight is 341 g/mol. The molecule has 1 fully saturated rings. The minimum atomic E-state index is -0.422. The first kappa shape index (κ1) is 15.9. The quantitative estimate of drug-likeness (QED) is 0.922. The van der Waals surface area contributed by atoms with Crippen LogP contribution in [0.4, 0.5) is 0 Å². The van der Waals surface area contributed by atoms with Gasteiger partial charge >= 0.3 is 0 Å². The summed E-state index contributed by atoms with van der Waals surface area (Å²) in [6.45, 7) is 1.49. The highest BCUT2D eigenvalue weighted by Crippen LogP contribution is 2.34. The summed E-state index contributed by atoms with van der Waals surface area (Å²) in [5.74, 6) is 0.423. The van der Waals surface area contributed by atoms with Crippen molar-refractivity contribution in [1.82, 2.24) is 4.90 Å². The van der Waals surface area contributed by atoms with E-state index < -0.39 is 6.10 Å². The number of nitrogens with zero attached hydrogens (tertiary/aromatic N) is 1. The molecule has 2 heterocycles. The Morgan fingerprint density at radius 3 is 2.62 bits per heavy atom. The molecule has 1 aromatic heterocycles. The molecular formula is C20H23NO2S. The van der Waals surface area contributed by atoms with Crippen LogP contribution in [-0.4, -0.2) is 29.0 Å². The number of carbonyl (C=O) groups is 1. The van der Waals surface area contributed by atoms with E-state index in [1.54, 1.807) is 11.3 Å². The number of likely N-dealkylation sites (tertiary alicyclic amines) is 1. The largest absolute Gasteiger partial charge is 0.388 e. The average Bonchev–Trinajstić information content (AvgIpc) is 3.23. The molecule has 1 aliphatic heterocycles. The van der Waals surface area contributed by atoms with Gasteiger partial charge in [0.05, 0.1) is 11.0 Å². The van der Waals surface area contributed by atoms with Crippen LogP contribution in [0.3, 0.4) is 0 Å². The van der Waals surface area contributed by atoms with E-state index in [4.69, 9.17) is 0 Å². The molecule has 0 radical (unpaired) electrons. The van der Waals surface area contributed by atoms with E-state index >= 15 is 0 Å². The topological polar surface area (TPSA) is 40.5 Å². The van der Waals surface area contributed by atoms with Gasteiger partial charge in [0, 0.05) is 18.0 Å². The minimum Gasteiger partial charge on any atom is -0.388 e. The molecule has 0 bridgehead atoms. The molecule has 126 valence electrons. The van der Waals surface area contributed by atoms with Crippen molar-refractivity contribution in [2.75, 3.05) is 13.1 Å². The van der Waals surface area contributed by atoms with Gasteiger partial charge in [-0.3, -0.25) is 4.79 Å². The lowest BCUT2D eigenvalue weighted by Gasteiger charge is -2.34. The summed E-state index contributed by atoms with van der Waals surface area (Å²) >= 11 is 1.69. The number of fused-ring (bicyclic) bond motifs is 1. The number of hydrogen-bond donors (Lipinski definition) is 1. The fourth-order valence-electron chi connectivity index (χ4n) is 3.93. The van der Waals surface area contributed by atoms with E-state index in [-0.39, 0.29) is 11.8 Å². The van der Waals surface area contributed by atoms with Crippen LogP contribution in [0.15, 0.2) is 36.4 Å². The molecule has 4 heteroatoms. The van der Waals surface area contributed by atoms with Gasteiger partial charge in [-0.15, -0.1) is 11.3 Å². The molecule has 1 aromatic carbocycles. The van der Waals surface area contributed by atoms with Crippen molar-refractivity contribution in [3.8, 4) is 0 Å². The molecular weight excluding hydrogens is 318 g/mol. The van der Waals surface area contributed by atoms with Crippen LogP contribution in [0.1, 0.15) is 51.0 Å². The van der Waals surface area contributed by atoms with Gasteiger partial charge in [-0.25, -0.2) is 0 Å². The molecule has 4 rings (SSSR count). The predicted octanol–water partition coefficient (Wildman–Crippen LogP) is 3.82. The molecule has 0 saturated carbocycles. The second-order valence-corrected chi connectivity index (χ2v) is 8.03. The van der Waals surface area contributed by atoms with Crippen molar-refractivity contribution in [1.29, 1.82) is 0 Å². The number of aryl methyl sites for hydroxylation is 2. The van der Waals surface area contributed by atoms with Gasteiger partial charge in [-0.05, 0) is 55.2 Å². The fraction of sp³-hybridized carbons (Fsp3) is 0.450. The lowest BCUT2D eigenvalue weighted by molar-refractivity contribution is 0.0465. The van der Waals surface area contributed by atoms with Gasteiger partial charge in [0.15, 0.2) is 0 Å². The molecule has 1 N–H and O–H groups in total. The number of piperidine rings is 1. The van der Waals surface area contributed by atoms with Gasteiger partial charge in [-0.2, -0.15) is 0 Å². The Hall–Kier alpha value is -1.65. The molecule has 2 aromatic rings. The summed E-state index contributed by atoms with van der Waals surface area (Å²) in [7, 11) is 0. The Labute approximate surface area is 146 Å². The highest BCUT2D eigenvalue weighted by atomic mass is 32.1. The monoisotopic (exact) mass is 341 g/mol. The van der Waals surface area contributed by atoms with Crippen LogP contribution in [-0.2, 0) is 12.8 Å². The highest BCUT2D eigenvalue weighted by Gasteiger charge is 2.29. The number of aliphatic hydroxyl groups excluding tert-OH is 1. The van der Waals surface area contributed by atoms with Crippen molar-refractivity contribution in [3.05, 3.63) is 57.3 Å². The lowest BCUT2D eigenvalue weighted by atomic mass is 9.87. The summed E-state index contributed by atoms with van der Waals surface area (Å²) in [4.78, 5) is 17.0. The number of hydrogen-bond acceptors (Lipinski definition) is 3. The van der Waals surface area contributed by atoms with E-state index in [2.05, 4.69) is 6.07 Å². The molecule has 3 nitrogen and oxygen atoms in total. The summed E-state index contributed by atoms with van der Waals surface area (Å²) in [5, 5.41) is 10.6. The first-order chi connectivity index (χ1) is 11.7. The molecule has 1 atom stereocenters. The van der Waals surface area contributed by atoms with Crippen LogP contribution in [0, 0.1) is 5.92 Å². The van der Waals surface area contributed by atoms with Crippen LogP contribution < -0.4 is 0 Å². The number of thiophene rings is 1. The molecule has 24 heavy (non-hydrogen) atoms. The molecule has 1 amide bonds. The summed E-state index contributed by atoms with van der Waals surface area (Å²) in [6, 6.07) is 12.0. The van der Waals surface area contributed by atoms with E-state index in [0.717, 1.165) is 49.2 Å². The van der Waals surface area contributed by atoms with Crippen molar-refractivity contribution < 1.29 is 9.90 Å². The molecule has 1 saturated heterocycles. The van der Waals surface area contributed by atoms with Gasteiger partial charge in [-0.1, -0.05) is 30.3 Å². The number of benzene rings is 1. The first-order valence-corrected chi connectivity index (χ1v) is 9.68. The Balaban J connectivity index is 1.38. The third kappa shape index (κ3) is 3.01. The Bertz CT molecular complexity index is 695. The fourth-order valence-corrected chi connectivity index (χ4v) is 5.15. The summed E-state index contributed by atoms with van der Waals surface area (Å²) in [6.07, 6.45) is 4.82. The van der Waals surface area contributed by atoms with Crippen molar-refractivity contribution >= 4 is 17.2 Å². The SMILES string of the molecule is O=C(c1cc2c(s1)CCC2)N1CCC(C(O)c2ccccc2)CC1. The van der Waals surface area contributed by atoms with E-state index in [9.17, 15) is 9.90 Å². The van der Waals surface area contributed by atoms with Crippen molar-refractivity contribution in [3.63, 3.8) is 0 Å². The molecule has 0 spiro atoms. The smallest absolute Gasteiger partial charge is 0.263 e. The molecule has 2 aliphatic rings. The van der Waals surface area contributed by atoms with Gasteiger partial charge in [0.2, 0.25) is 0 Å². The maximum atomic E-state index is 12.7. The first-order valence-electron chi connectivity index (χ1n) is 8.86. The van der Waals surface area contributed by atoms with E-state index in [1.165, 1.54) is 16.9 Å². The zero-order valence-electron chi connectivity index (χ0n) is 13.8. The predicted molar refractivity (Wildman–Crippen MR) is 96.4 cm³/mol. The molecule has 1 aliphatic carbocycles. The maximum absolute atomic E-state index is 12.7. The second-order valence-electron chi connectivity index (χ2n) is 6.90.